The van der Waals surface area contributed by atoms with Gasteiger partial charge in [0.2, 0.25) is 0 Å². The van der Waals surface area contributed by atoms with Crippen LogP contribution in [0.25, 0.3) is 22.3 Å². The number of nitrogens with two attached hydrogens (primary N) is 2. The zero-order valence-corrected chi connectivity index (χ0v) is 28.2. The Balaban J connectivity index is 0.00000109. The van der Waals surface area contributed by atoms with Gasteiger partial charge in [0.05, 0.1) is 35.6 Å². The number of nitriles is 1. The Morgan fingerprint density at radius 2 is 1.84 bits per heavy atom. The number of nitrogens with zero attached hydrogens (tertiary/aromatic N) is 4. The molecule has 11 heteroatoms. The Bertz CT molecular complexity index is 1680. The molecule has 0 amide bonds. The average molecular weight is 639 g/mol. The summed E-state index contributed by atoms with van der Waals surface area (Å²) in [7, 11) is 3.69. The van der Waals surface area contributed by atoms with Gasteiger partial charge in [-0.05, 0) is 69.2 Å². The lowest BCUT2D eigenvalue weighted by Gasteiger charge is -2.22. The summed E-state index contributed by atoms with van der Waals surface area (Å²) in [4.78, 5) is 11.3. The van der Waals surface area contributed by atoms with Crippen molar-refractivity contribution in [2.45, 2.75) is 79.9 Å². The Morgan fingerprint density at radius 3 is 2.38 bits per heavy atom. The van der Waals surface area contributed by atoms with E-state index in [0.717, 1.165) is 54.7 Å². The van der Waals surface area contributed by atoms with Crippen LogP contribution in [0.1, 0.15) is 99.4 Å². The van der Waals surface area contributed by atoms with Crippen LogP contribution < -0.4 is 21.1 Å². The second-order valence-electron chi connectivity index (χ2n) is 11.8. The maximum absolute atomic E-state index is 17.1. The lowest BCUT2D eigenvalue weighted by atomic mass is 9.84. The third-order valence-electron chi connectivity index (χ3n) is 8.66. The van der Waals surface area contributed by atoms with Crippen molar-refractivity contribution in [2.75, 3.05) is 37.9 Å². The summed E-state index contributed by atoms with van der Waals surface area (Å²) in [6.07, 6.45) is 6.12. The third-order valence-corrected chi connectivity index (χ3v) is 9.69. The number of benzene rings is 1. The van der Waals surface area contributed by atoms with Crippen LogP contribution in [0, 0.1) is 22.6 Å². The fourth-order valence-corrected chi connectivity index (χ4v) is 6.45. The van der Waals surface area contributed by atoms with Gasteiger partial charge in [-0.3, -0.25) is 0 Å². The van der Waals surface area contributed by atoms with E-state index in [2.05, 4.69) is 24.9 Å². The number of halogens is 2. The molecule has 1 saturated carbocycles. The van der Waals surface area contributed by atoms with Crippen LogP contribution in [0.2, 0.25) is 0 Å². The summed E-state index contributed by atoms with van der Waals surface area (Å²) in [5.41, 5.74) is 14.8. The molecular formula is C34H44F2N6O2S. The Hall–Kier alpha value is -3.59. The van der Waals surface area contributed by atoms with Crippen molar-refractivity contribution in [2.24, 2.45) is 11.1 Å². The molecule has 0 unspecified atom stereocenters. The predicted molar refractivity (Wildman–Crippen MR) is 179 cm³/mol. The molecule has 1 fully saturated rings. The molecule has 1 aliphatic heterocycles. The number of rotatable bonds is 10. The predicted octanol–water partition coefficient (Wildman–Crippen LogP) is 7.87. The molecule has 3 aromatic rings. The molecule has 0 radical (unpaired) electrons. The molecule has 0 saturated heterocycles. The standard InChI is InChI=1S/C31H35F2N5O2S.C3H9N/c1-7-16(4)21(23-17(12-34)28(35)41-27(23)20(32)8-2)22-18-13-39-14-19(18)24-26(25(22)33)36-30(37-29(24)38(5)6)40-15-31(9-3)10-11-31;1-2-3-4/h8H,7,9-11,13-15,35H2,1-6H3;2-4H2,1H3/b20-8+,21-16+;. The minimum Gasteiger partial charge on any atom is -0.463 e. The normalized spacial score (nSPS) is 15.6. The van der Waals surface area contributed by atoms with Gasteiger partial charge in [-0.1, -0.05) is 32.4 Å². The molecule has 2 aliphatic rings. The van der Waals surface area contributed by atoms with Crippen molar-refractivity contribution in [1.29, 1.82) is 5.26 Å². The van der Waals surface area contributed by atoms with Gasteiger partial charge in [0.25, 0.3) is 0 Å². The second kappa shape index (κ2) is 14.2. The first kappa shape index (κ1) is 34.3. The summed E-state index contributed by atoms with van der Waals surface area (Å²) < 4.78 is 44.3. The number of fused-ring (bicyclic) bond motifs is 3. The monoisotopic (exact) mass is 638 g/mol. The number of nitrogen functional groups attached to an aromatic ring is 1. The maximum atomic E-state index is 17.1. The van der Waals surface area contributed by atoms with Crippen LogP contribution in [0.3, 0.4) is 0 Å². The van der Waals surface area contributed by atoms with E-state index in [1.165, 1.54) is 6.08 Å². The highest BCUT2D eigenvalue weighted by atomic mass is 32.1. The average Bonchev–Trinajstić information content (AvgIpc) is 3.54. The van der Waals surface area contributed by atoms with Gasteiger partial charge in [-0.2, -0.15) is 15.2 Å². The van der Waals surface area contributed by atoms with Crippen molar-refractivity contribution < 1.29 is 18.3 Å². The number of aromatic nitrogens is 2. The van der Waals surface area contributed by atoms with Crippen LogP contribution >= 0.6 is 11.3 Å². The van der Waals surface area contributed by atoms with E-state index in [-0.39, 0.29) is 51.2 Å². The quantitative estimate of drug-likeness (QED) is 0.230. The van der Waals surface area contributed by atoms with Crippen molar-refractivity contribution >= 4 is 44.5 Å². The third kappa shape index (κ3) is 6.55. The smallest absolute Gasteiger partial charge is 0.319 e. The van der Waals surface area contributed by atoms with E-state index in [1.807, 2.05) is 32.8 Å². The molecule has 0 atom stereocenters. The molecule has 8 nitrogen and oxygen atoms in total. The fraction of sp³-hybridized carbons (Fsp3) is 0.500. The van der Waals surface area contributed by atoms with E-state index in [4.69, 9.17) is 25.9 Å². The highest BCUT2D eigenvalue weighted by Gasteiger charge is 2.42. The molecule has 1 aliphatic carbocycles. The molecule has 3 heterocycles. The minimum atomic E-state index is -0.584. The van der Waals surface area contributed by atoms with Crippen LogP contribution in [0.5, 0.6) is 6.01 Å². The van der Waals surface area contributed by atoms with Crippen molar-refractivity contribution in [3.05, 3.63) is 50.2 Å². The van der Waals surface area contributed by atoms with E-state index < -0.39 is 11.6 Å². The van der Waals surface area contributed by atoms with Gasteiger partial charge in [-0.15, -0.1) is 11.3 Å². The largest absolute Gasteiger partial charge is 0.463 e. The SMILES string of the molecule is C/C=C(/F)c1sc(N)c(C#N)c1/C(=C(\C)CC)c1c2c(c3c(N(C)C)nc(OCC4(CC)CC4)nc3c1F)COC2.CCCN. The number of ether oxygens (including phenoxy) is 2. The van der Waals surface area contributed by atoms with Crippen molar-refractivity contribution in [3.63, 3.8) is 0 Å². The number of allylic oxidation sites excluding steroid dienone is 2. The summed E-state index contributed by atoms with van der Waals surface area (Å²) in [5, 5.41) is 10.8. The lowest BCUT2D eigenvalue weighted by Crippen LogP contribution is -2.17. The molecule has 242 valence electrons. The van der Waals surface area contributed by atoms with E-state index >= 15 is 8.78 Å². The van der Waals surface area contributed by atoms with Gasteiger partial charge in [-0.25, -0.2) is 8.78 Å². The molecule has 5 rings (SSSR count). The van der Waals surface area contributed by atoms with Gasteiger partial charge < -0.3 is 25.8 Å². The van der Waals surface area contributed by atoms with E-state index in [9.17, 15) is 5.26 Å². The number of hydrogen-bond donors (Lipinski definition) is 2. The highest BCUT2D eigenvalue weighted by molar-refractivity contribution is 7.17. The molecular weight excluding hydrogens is 594 g/mol. The Kier molecular flexibility index (Phi) is 10.8. The topological polar surface area (TPSA) is 123 Å². The Morgan fingerprint density at radius 1 is 1.18 bits per heavy atom. The van der Waals surface area contributed by atoms with Gasteiger partial charge in [0.1, 0.15) is 28.2 Å². The highest BCUT2D eigenvalue weighted by Crippen LogP contribution is 2.50. The minimum absolute atomic E-state index is 0.107. The zero-order valence-electron chi connectivity index (χ0n) is 27.4. The molecule has 2 aromatic heterocycles. The number of anilines is 2. The van der Waals surface area contributed by atoms with Crippen LogP contribution in [0.15, 0.2) is 11.6 Å². The zero-order chi connectivity index (χ0) is 33.1. The molecule has 1 aromatic carbocycles. The Labute approximate surface area is 268 Å². The number of hydrogen-bond acceptors (Lipinski definition) is 9. The summed E-state index contributed by atoms with van der Waals surface area (Å²) >= 11 is 0.989. The summed E-state index contributed by atoms with van der Waals surface area (Å²) in [6, 6.07) is 2.26. The lowest BCUT2D eigenvalue weighted by molar-refractivity contribution is 0.134. The first-order chi connectivity index (χ1) is 21.5. The maximum Gasteiger partial charge on any atom is 0.319 e. The van der Waals surface area contributed by atoms with Crippen LogP contribution in [-0.2, 0) is 18.0 Å². The van der Waals surface area contributed by atoms with E-state index in [0.29, 0.717) is 40.9 Å². The summed E-state index contributed by atoms with van der Waals surface area (Å²) in [5.74, 6) is -0.569. The molecule has 0 bridgehead atoms. The molecule has 0 spiro atoms. The van der Waals surface area contributed by atoms with Gasteiger partial charge in [0.15, 0.2) is 5.82 Å². The first-order valence-corrected chi connectivity index (χ1v) is 16.3. The molecule has 4 N–H and O–H groups in total. The van der Waals surface area contributed by atoms with Crippen molar-refractivity contribution in [1.82, 2.24) is 9.97 Å². The first-order valence-electron chi connectivity index (χ1n) is 15.5. The van der Waals surface area contributed by atoms with Crippen molar-refractivity contribution in [3.8, 4) is 12.1 Å². The van der Waals surface area contributed by atoms with Gasteiger partial charge >= 0.3 is 6.01 Å². The number of thiophene rings is 1. The second-order valence-corrected chi connectivity index (χ2v) is 12.9. The van der Waals surface area contributed by atoms with Crippen LogP contribution in [-0.4, -0.2) is 37.2 Å². The summed E-state index contributed by atoms with van der Waals surface area (Å²) in [6.45, 7) is 11.3. The van der Waals surface area contributed by atoms with Crippen LogP contribution in [0.4, 0.5) is 19.6 Å². The van der Waals surface area contributed by atoms with Gasteiger partial charge in [0, 0.05) is 30.6 Å². The van der Waals surface area contributed by atoms with E-state index in [1.54, 1.807) is 6.92 Å². The fourth-order valence-electron chi connectivity index (χ4n) is 5.46. The molecule has 45 heavy (non-hydrogen) atoms.